The standard InChI is InChI=1S/C15H13Cl2FN2O/c1-8(13-3-2-10(16)6-14(13)17)20-15(21)9-4-11(18)7-12(19)5-9/h2-8H,19H2,1H3,(H,20,21). The van der Waals surface area contributed by atoms with Crippen LogP contribution in [0, 0.1) is 5.82 Å². The Bertz CT molecular complexity index is 671. The predicted octanol–water partition coefficient (Wildman–Crippen LogP) is 4.21. The summed E-state index contributed by atoms with van der Waals surface area (Å²) in [6.07, 6.45) is 0. The van der Waals surface area contributed by atoms with Gasteiger partial charge in [-0.15, -0.1) is 0 Å². The smallest absolute Gasteiger partial charge is 0.251 e. The third kappa shape index (κ3) is 3.86. The van der Waals surface area contributed by atoms with Crippen molar-refractivity contribution in [2.45, 2.75) is 13.0 Å². The van der Waals surface area contributed by atoms with Gasteiger partial charge in [-0.25, -0.2) is 4.39 Å². The van der Waals surface area contributed by atoms with E-state index in [1.54, 1.807) is 25.1 Å². The number of carbonyl (C=O) groups excluding carboxylic acids is 1. The molecular weight excluding hydrogens is 314 g/mol. The van der Waals surface area contributed by atoms with Crippen molar-refractivity contribution in [3.63, 3.8) is 0 Å². The second kappa shape index (κ2) is 6.33. The van der Waals surface area contributed by atoms with Crippen molar-refractivity contribution in [3.8, 4) is 0 Å². The van der Waals surface area contributed by atoms with Crippen LogP contribution in [0.2, 0.25) is 10.0 Å². The van der Waals surface area contributed by atoms with Crippen molar-refractivity contribution >= 4 is 34.8 Å². The first-order valence-corrected chi connectivity index (χ1v) is 6.94. The summed E-state index contributed by atoms with van der Waals surface area (Å²) in [4.78, 5) is 12.1. The Morgan fingerprint density at radius 2 is 1.95 bits per heavy atom. The van der Waals surface area contributed by atoms with Crippen molar-refractivity contribution in [1.82, 2.24) is 5.32 Å². The number of nitrogen functional groups attached to an aromatic ring is 1. The van der Waals surface area contributed by atoms with E-state index in [4.69, 9.17) is 28.9 Å². The zero-order valence-corrected chi connectivity index (χ0v) is 12.7. The van der Waals surface area contributed by atoms with E-state index in [1.165, 1.54) is 6.07 Å². The van der Waals surface area contributed by atoms with Crippen molar-refractivity contribution < 1.29 is 9.18 Å². The van der Waals surface area contributed by atoms with Gasteiger partial charge in [0.2, 0.25) is 0 Å². The van der Waals surface area contributed by atoms with Crippen LogP contribution in [-0.2, 0) is 0 Å². The molecule has 0 bridgehead atoms. The van der Waals surface area contributed by atoms with Crippen molar-refractivity contribution in [2.75, 3.05) is 5.73 Å². The lowest BCUT2D eigenvalue weighted by atomic mass is 10.1. The SMILES string of the molecule is CC(NC(=O)c1cc(N)cc(F)c1)c1ccc(Cl)cc1Cl. The van der Waals surface area contributed by atoms with Gasteiger partial charge in [0.15, 0.2) is 0 Å². The maximum Gasteiger partial charge on any atom is 0.251 e. The fraction of sp³-hybridized carbons (Fsp3) is 0.133. The van der Waals surface area contributed by atoms with Crippen LogP contribution in [0.5, 0.6) is 0 Å². The minimum atomic E-state index is -0.558. The third-order valence-corrected chi connectivity index (χ3v) is 3.52. The molecule has 0 aliphatic rings. The number of benzene rings is 2. The number of halogens is 3. The third-order valence-electron chi connectivity index (χ3n) is 2.96. The molecule has 2 aromatic carbocycles. The van der Waals surface area contributed by atoms with Gasteiger partial charge < -0.3 is 11.1 Å². The molecule has 0 fully saturated rings. The normalized spacial score (nSPS) is 12.0. The highest BCUT2D eigenvalue weighted by molar-refractivity contribution is 6.35. The van der Waals surface area contributed by atoms with E-state index in [0.29, 0.717) is 10.0 Å². The first-order valence-electron chi connectivity index (χ1n) is 6.18. The summed E-state index contributed by atoms with van der Waals surface area (Å²) in [5.74, 6) is -0.989. The topological polar surface area (TPSA) is 55.1 Å². The Morgan fingerprint density at radius 3 is 2.57 bits per heavy atom. The maximum atomic E-state index is 13.3. The Labute approximate surface area is 131 Å². The fourth-order valence-electron chi connectivity index (χ4n) is 1.95. The lowest BCUT2D eigenvalue weighted by molar-refractivity contribution is 0.0939. The van der Waals surface area contributed by atoms with E-state index in [-0.39, 0.29) is 17.3 Å². The summed E-state index contributed by atoms with van der Waals surface area (Å²) >= 11 is 11.9. The molecule has 0 heterocycles. The molecule has 0 aliphatic carbocycles. The van der Waals surface area contributed by atoms with Gasteiger partial charge in [-0.1, -0.05) is 29.3 Å². The van der Waals surface area contributed by atoms with Gasteiger partial charge in [0, 0.05) is 21.3 Å². The molecule has 1 amide bonds. The zero-order chi connectivity index (χ0) is 15.6. The van der Waals surface area contributed by atoms with Crippen LogP contribution in [0.1, 0.15) is 28.9 Å². The van der Waals surface area contributed by atoms with Gasteiger partial charge in [0.05, 0.1) is 6.04 Å². The average molecular weight is 327 g/mol. The van der Waals surface area contributed by atoms with Gasteiger partial charge >= 0.3 is 0 Å². The first-order chi connectivity index (χ1) is 9.86. The highest BCUT2D eigenvalue weighted by atomic mass is 35.5. The van der Waals surface area contributed by atoms with Gasteiger partial charge in [-0.3, -0.25) is 4.79 Å². The molecule has 3 N–H and O–H groups in total. The summed E-state index contributed by atoms with van der Waals surface area (Å²) in [7, 11) is 0. The number of nitrogens with one attached hydrogen (secondary N) is 1. The number of carbonyl (C=O) groups is 1. The molecule has 1 unspecified atom stereocenters. The molecule has 110 valence electrons. The number of rotatable bonds is 3. The number of hydrogen-bond donors (Lipinski definition) is 2. The average Bonchev–Trinajstić information content (AvgIpc) is 2.37. The fourth-order valence-corrected chi connectivity index (χ4v) is 2.53. The molecule has 1 atom stereocenters. The first kappa shape index (κ1) is 15.6. The van der Waals surface area contributed by atoms with E-state index in [9.17, 15) is 9.18 Å². The molecule has 0 aromatic heterocycles. The van der Waals surface area contributed by atoms with Crippen molar-refractivity contribution in [2.24, 2.45) is 0 Å². The molecule has 6 heteroatoms. The van der Waals surface area contributed by atoms with E-state index in [2.05, 4.69) is 5.32 Å². The predicted molar refractivity (Wildman–Crippen MR) is 83.2 cm³/mol. The number of amides is 1. The molecule has 0 radical (unpaired) electrons. The summed E-state index contributed by atoms with van der Waals surface area (Å²) in [6, 6.07) is 8.35. The van der Waals surface area contributed by atoms with Crippen LogP contribution in [0.25, 0.3) is 0 Å². The van der Waals surface area contributed by atoms with Crippen molar-refractivity contribution in [1.29, 1.82) is 0 Å². The van der Waals surface area contributed by atoms with E-state index >= 15 is 0 Å². The minimum absolute atomic E-state index is 0.157. The number of hydrogen-bond acceptors (Lipinski definition) is 2. The maximum absolute atomic E-state index is 13.3. The van der Waals surface area contributed by atoms with Crippen molar-refractivity contribution in [3.05, 3.63) is 63.4 Å². The molecule has 0 saturated heterocycles. The highest BCUT2D eigenvalue weighted by Crippen LogP contribution is 2.26. The van der Waals surface area contributed by atoms with Crippen LogP contribution >= 0.6 is 23.2 Å². The summed E-state index contributed by atoms with van der Waals surface area (Å²) in [5.41, 5.74) is 6.59. The number of anilines is 1. The van der Waals surface area contributed by atoms with Gasteiger partial charge in [0.1, 0.15) is 5.82 Å². The quantitative estimate of drug-likeness (QED) is 0.830. The monoisotopic (exact) mass is 326 g/mol. The second-order valence-electron chi connectivity index (χ2n) is 4.63. The van der Waals surface area contributed by atoms with Crippen LogP contribution in [0.4, 0.5) is 10.1 Å². The van der Waals surface area contributed by atoms with Crippen LogP contribution in [-0.4, -0.2) is 5.91 Å². The Morgan fingerprint density at radius 1 is 1.24 bits per heavy atom. The molecular formula is C15H13Cl2FN2O. The molecule has 3 nitrogen and oxygen atoms in total. The number of nitrogens with two attached hydrogens (primary N) is 1. The summed E-state index contributed by atoms with van der Waals surface area (Å²) < 4.78 is 13.3. The highest BCUT2D eigenvalue weighted by Gasteiger charge is 2.15. The molecule has 0 saturated carbocycles. The molecule has 0 aliphatic heterocycles. The second-order valence-corrected chi connectivity index (χ2v) is 5.48. The molecule has 0 spiro atoms. The summed E-state index contributed by atoms with van der Waals surface area (Å²) in [6.45, 7) is 1.77. The lowest BCUT2D eigenvalue weighted by Crippen LogP contribution is -2.27. The largest absolute Gasteiger partial charge is 0.399 e. The zero-order valence-electron chi connectivity index (χ0n) is 11.2. The van der Waals surface area contributed by atoms with E-state index < -0.39 is 11.7 Å². The molecule has 21 heavy (non-hydrogen) atoms. The lowest BCUT2D eigenvalue weighted by Gasteiger charge is -2.16. The van der Waals surface area contributed by atoms with E-state index in [0.717, 1.165) is 17.7 Å². The molecule has 2 rings (SSSR count). The van der Waals surface area contributed by atoms with Crippen LogP contribution < -0.4 is 11.1 Å². The Kier molecular flexibility index (Phi) is 4.70. The summed E-state index contributed by atoms with van der Waals surface area (Å²) in [5, 5.41) is 3.71. The van der Waals surface area contributed by atoms with Crippen LogP contribution in [0.3, 0.4) is 0 Å². The minimum Gasteiger partial charge on any atom is -0.399 e. The van der Waals surface area contributed by atoms with Gasteiger partial charge in [-0.05, 0) is 42.8 Å². The molecule has 2 aromatic rings. The van der Waals surface area contributed by atoms with Gasteiger partial charge in [-0.2, -0.15) is 0 Å². The van der Waals surface area contributed by atoms with Gasteiger partial charge in [0.25, 0.3) is 5.91 Å². The van der Waals surface area contributed by atoms with Crippen LogP contribution in [0.15, 0.2) is 36.4 Å². The Balaban J connectivity index is 2.18. The van der Waals surface area contributed by atoms with E-state index in [1.807, 2.05) is 0 Å². The Hall–Kier alpha value is -1.78.